The van der Waals surface area contributed by atoms with E-state index in [-0.39, 0.29) is 11.9 Å². The molecule has 0 saturated carbocycles. The van der Waals surface area contributed by atoms with E-state index >= 15 is 0 Å². The van der Waals surface area contributed by atoms with Crippen molar-refractivity contribution in [2.75, 3.05) is 13.7 Å². The minimum Gasteiger partial charge on any atom is -0.497 e. The SMILES string of the molecule is COc1ccc(C(=O)NCC(N)c2ccc(C(C)C)cc2)cc1. The van der Waals surface area contributed by atoms with Gasteiger partial charge in [0.2, 0.25) is 0 Å². The fourth-order valence-electron chi connectivity index (χ4n) is 2.29. The van der Waals surface area contributed by atoms with Crippen LogP contribution in [0.3, 0.4) is 0 Å². The molecule has 2 aromatic carbocycles. The molecule has 1 amide bonds. The second-order valence-corrected chi connectivity index (χ2v) is 5.87. The van der Waals surface area contributed by atoms with E-state index in [1.54, 1.807) is 31.4 Å². The summed E-state index contributed by atoms with van der Waals surface area (Å²) in [6, 6.07) is 15.0. The number of benzene rings is 2. The molecule has 0 aliphatic rings. The van der Waals surface area contributed by atoms with E-state index in [9.17, 15) is 4.79 Å². The van der Waals surface area contributed by atoms with Crippen molar-refractivity contribution in [2.24, 2.45) is 5.73 Å². The van der Waals surface area contributed by atoms with E-state index in [1.165, 1.54) is 5.56 Å². The molecule has 0 saturated heterocycles. The van der Waals surface area contributed by atoms with Crippen LogP contribution in [0.1, 0.15) is 47.3 Å². The fourth-order valence-corrected chi connectivity index (χ4v) is 2.29. The topological polar surface area (TPSA) is 64.3 Å². The third kappa shape index (κ3) is 4.57. The van der Waals surface area contributed by atoms with E-state index < -0.39 is 0 Å². The highest BCUT2D eigenvalue weighted by Gasteiger charge is 2.10. The van der Waals surface area contributed by atoms with Gasteiger partial charge < -0.3 is 15.8 Å². The molecule has 3 N–H and O–H groups in total. The average Bonchev–Trinajstić information content (AvgIpc) is 2.59. The molecular weight excluding hydrogens is 288 g/mol. The Hall–Kier alpha value is -2.33. The summed E-state index contributed by atoms with van der Waals surface area (Å²) in [4.78, 5) is 12.1. The predicted octanol–water partition coefficient (Wildman–Crippen LogP) is 3.25. The van der Waals surface area contributed by atoms with Gasteiger partial charge in [0.05, 0.1) is 7.11 Å². The Balaban J connectivity index is 1.92. The number of carbonyl (C=O) groups is 1. The highest BCUT2D eigenvalue weighted by Crippen LogP contribution is 2.17. The lowest BCUT2D eigenvalue weighted by Gasteiger charge is -2.14. The fraction of sp³-hybridized carbons (Fsp3) is 0.316. The lowest BCUT2D eigenvalue weighted by atomic mass is 9.99. The number of hydrogen-bond donors (Lipinski definition) is 2. The summed E-state index contributed by atoms with van der Waals surface area (Å²) in [6.07, 6.45) is 0. The quantitative estimate of drug-likeness (QED) is 0.860. The third-order valence-corrected chi connectivity index (χ3v) is 3.87. The van der Waals surface area contributed by atoms with Crippen LogP contribution in [0.4, 0.5) is 0 Å². The zero-order chi connectivity index (χ0) is 16.8. The van der Waals surface area contributed by atoms with Gasteiger partial charge in [0, 0.05) is 18.2 Å². The van der Waals surface area contributed by atoms with E-state index in [2.05, 4.69) is 31.3 Å². The number of nitrogens with one attached hydrogen (secondary N) is 1. The van der Waals surface area contributed by atoms with Crippen molar-refractivity contribution in [1.29, 1.82) is 0 Å². The Morgan fingerprint density at radius 1 is 1.04 bits per heavy atom. The number of carbonyl (C=O) groups excluding carboxylic acids is 1. The van der Waals surface area contributed by atoms with Gasteiger partial charge in [-0.25, -0.2) is 0 Å². The van der Waals surface area contributed by atoms with E-state index in [1.807, 2.05) is 12.1 Å². The van der Waals surface area contributed by atoms with Gasteiger partial charge in [0.15, 0.2) is 0 Å². The Morgan fingerprint density at radius 3 is 2.13 bits per heavy atom. The van der Waals surface area contributed by atoms with E-state index in [0.29, 0.717) is 18.0 Å². The Labute approximate surface area is 137 Å². The summed E-state index contributed by atoms with van der Waals surface area (Å²) in [6.45, 7) is 4.71. The predicted molar refractivity (Wildman–Crippen MR) is 92.8 cm³/mol. The van der Waals surface area contributed by atoms with Crippen LogP contribution < -0.4 is 15.8 Å². The van der Waals surface area contributed by atoms with Gasteiger partial charge in [-0.3, -0.25) is 4.79 Å². The minimum absolute atomic E-state index is 0.137. The first-order valence-corrected chi connectivity index (χ1v) is 7.79. The Kier molecular flexibility index (Phi) is 5.77. The summed E-state index contributed by atoms with van der Waals surface area (Å²) in [7, 11) is 1.60. The van der Waals surface area contributed by atoms with Crippen LogP contribution in [0.2, 0.25) is 0 Å². The van der Waals surface area contributed by atoms with Crippen molar-refractivity contribution in [3.63, 3.8) is 0 Å². The van der Waals surface area contributed by atoms with E-state index in [4.69, 9.17) is 10.5 Å². The molecule has 1 unspecified atom stereocenters. The standard InChI is InChI=1S/C19H24N2O2/c1-13(2)14-4-6-15(7-5-14)18(20)12-21-19(22)16-8-10-17(23-3)11-9-16/h4-11,13,18H,12,20H2,1-3H3,(H,21,22). The monoisotopic (exact) mass is 312 g/mol. The Bertz CT molecular complexity index is 633. The van der Waals surface area contributed by atoms with Gasteiger partial charge in [0.1, 0.15) is 5.75 Å². The van der Waals surface area contributed by atoms with Crippen molar-refractivity contribution >= 4 is 5.91 Å². The van der Waals surface area contributed by atoms with Crippen LogP contribution in [0.5, 0.6) is 5.75 Å². The van der Waals surface area contributed by atoms with Gasteiger partial charge in [-0.15, -0.1) is 0 Å². The van der Waals surface area contributed by atoms with Crippen LogP contribution in [0.15, 0.2) is 48.5 Å². The molecule has 0 spiro atoms. The number of amides is 1. The molecule has 0 radical (unpaired) electrons. The zero-order valence-corrected chi connectivity index (χ0v) is 13.9. The summed E-state index contributed by atoms with van der Waals surface area (Å²) in [5.74, 6) is 1.08. The molecular formula is C19H24N2O2. The van der Waals surface area contributed by atoms with Gasteiger partial charge in [-0.05, 0) is 41.3 Å². The summed E-state index contributed by atoms with van der Waals surface area (Å²) in [5, 5.41) is 2.87. The lowest BCUT2D eigenvalue weighted by Crippen LogP contribution is -2.31. The molecule has 0 heterocycles. The van der Waals surface area contributed by atoms with E-state index in [0.717, 1.165) is 11.3 Å². The second-order valence-electron chi connectivity index (χ2n) is 5.87. The van der Waals surface area contributed by atoms with Crippen molar-refractivity contribution in [3.05, 3.63) is 65.2 Å². The minimum atomic E-state index is -0.224. The summed E-state index contributed by atoms with van der Waals surface area (Å²) in [5.41, 5.74) is 9.05. The molecule has 23 heavy (non-hydrogen) atoms. The maximum atomic E-state index is 12.1. The van der Waals surface area contributed by atoms with Crippen molar-refractivity contribution in [3.8, 4) is 5.75 Å². The molecule has 0 bridgehead atoms. The van der Waals surface area contributed by atoms with Crippen molar-refractivity contribution in [1.82, 2.24) is 5.32 Å². The Morgan fingerprint density at radius 2 is 1.61 bits per heavy atom. The number of hydrogen-bond acceptors (Lipinski definition) is 3. The lowest BCUT2D eigenvalue weighted by molar-refractivity contribution is 0.0951. The smallest absolute Gasteiger partial charge is 0.251 e. The largest absolute Gasteiger partial charge is 0.497 e. The van der Waals surface area contributed by atoms with Gasteiger partial charge >= 0.3 is 0 Å². The molecule has 2 aromatic rings. The first kappa shape index (κ1) is 17.0. The zero-order valence-electron chi connectivity index (χ0n) is 13.9. The molecule has 2 rings (SSSR count). The third-order valence-electron chi connectivity index (χ3n) is 3.87. The molecule has 0 aromatic heterocycles. The molecule has 122 valence electrons. The number of methoxy groups -OCH3 is 1. The molecule has 4 heteroatoms. The van der Waals surface area contributed by atoms with Gasteiger partial charge in [-0.1, -0.05) is 38.1 Å². The highest BCUT2D eigenvalue weighted by atomic mass is 16.5. The van der Waals surface area contributed by atoms with Gasteiger partial charge in [0.25, 0.3) is 5.91 Å². The molecule has 0 aliphatic carbocycles. The number of rotatable bonds is 6. The van der Waals surface area contributed by atoms with Crippen molar-refractivity contribution < 1.29 is 9.53 Å². The second kappa shape index (κ2) is 7.79. The number of ether oxygens (including phenoxy) is 1. The first-order valence-electron chi connectivity index (χ1n) is 7.79. The maximum Gasteiger partial charge on any atom is 0.251 e. The van der Waals surface area contributed by atoms with Crippen LogP contribution in [0.25, 0.3) is 0 Å². The molecule has 1 atom stereocenters. The summed E-state index contributed by atoms with van der Waals surface area (Å²) >= 11 is 0. The highest BCUT2D eigenvalue weighted by molar-refractivity contribution is 5.94. The van der Waals surface area contributed by atoms with Crippen LogP contribution >= 0.6 is 0 Å². The molecule has 0 aliphatic heterocycles. The molecule has 4 nitrogen and oxygen atoms in total. The van der Waals surface area contributed by atoms with Crippen LogP contribution in [-0.4, -0.2) is 19.6 Å². The normalized spacial score (nSPS) is 12.0. The van der Waals surface area contributed by atoms with Crippen LogP contribution in [-0.2, 0) is 0 Å². The molecule has 0 fully saturated rings. The van der Waals surface area contributed by atoms with Gasteiger partial charge in [-0.2, -0.15) is 0 Å². The average molecular weight is 312 g/mol. The summed E-state index contributed by atoms with van der Waals surface area (Å²) < 4.78 is 5.08. The number of nitrogens with two attached hydrogens (primary N) is 1. The maximum absolute atomic E-state index is 12.1. The van der Waals surface area contributed by atoms with Crippen LogP contribution in [0, 0.1) is 0 Å². The first-order chi connectivity index (χ1) is 11.0. The van der Waals surface area contributed by atoms with Crippen molar-refractivity contribution in [2.45, 2.75) is 25.8 Å².